The van der Waals surface area contributed by atoms with Gasteiger partial charge in [-0.3, -0.25) is 9.59 Å². The van der Waals surface area contributed by atoms with Crippen molar-refractivity contribution in [2.24, 2.45) is 11.8 Å². The topological polar surface area (TPSA) is 55.4 Å². The number of hydrogen-bond donors (Lipinski definition) is 1. The number of rotatable bonds is 13. The molecule has 0 saturated heterocycles. The maximum Gasteiger partial charge on any atom is 0.308 e. The number of carbonyl (C=O) groups excluding carboxylic acids is 2. The molecule has 0 heterocycles. The summed E-state index contributed by atoms with van der Waals surface area (Å²) in [5.41, 5.74) is 0. The Labute approximate surface area is 142 Å². The van der Waals surface area contributed by atoms with E-state index in [0.29, 0.717) is 25.4 Å². The predicted molar refractivity (Wildman–Crippen MR) is 95.2 cm³/mol. The summed E-state index contributed by atoms with van der Waals surface area (Å²) in [4.78, 5) is 23.9. The van der Waals surface area contributed by atoms with Gasteiger partial charge in [0.25, 0.3) is 0 Å². The first-order valence-electron chi connectivity index (χ1n) is 9.36. The summed E-state index contributed by atoms with van der Waals surface area (Å²) >= 11 is 0. The molecule has 0 aliphatic carbocycles. The van der Waals surface area contributed by atoms with Crippen LogP contribution in [0.25, 0.3) is 0 Å². The summed E-state index contributed by atoms with van der Waals surface area (Å²) < 4.78 is 5.07. The van der Waals surface area contributed by atoms with Crippen LogP contribution in [0, 0.1) is 11.8 Å². The summed E-state index contributed by atoms with van der Waals surface area (Å²) in [5, 5.41) is 3.12. The molecule has 0 fully saturated rings. The van der Waals surface area contributed by atoms with Crippen LogP contribution in [0.5, 0.6) is 0 Å². The Bertz CT molecular complexity index is 329. The van der Waals surface area contributed by atoms with Crippen LogP contribution < -0.4 is 5.32 Å². The Morgan fingerprint density at radius 2 is 1.61 bits per heavy atom. The molecular formula is C19H37NO3. The highest BCUT2D eigenvalue weighted by atomic mass is 16.5. The highest BCUT2D eigenvalue weighted by Gasteiger charge is 2.22. The third-order valence-corrected chi connectivity index (χ3v) is 3.96. The van der Waals surface area contributed by atoms with Gasteiger partial charge >= 0.3 is 5.97 Å². The smallest absolute Gasteiger partial charge is 0.308 e. The van der Waals surface area contributed by atoms with Gasteiger partial charge in [0.1, 0.15) is 0 Å². The third kappa shape index (κ3) is 12.1. The van der Waals surface area contributed by atoms with Gasteiger partial charge in [-0.15, -0.1) is 0 Å². The second-order valence-corrected chi connectivity index (χ2v) is 6.95. The fraction of sp³-hybridized carbons (Fsp3) is 0.895. The van der Waals surface area contributed by atoms with Crippen molar-refractivity contribution < 1.29 is 14.3 Å². The van der Waals surface area contributed by atoms with E-state index >= 15 is 0 Å². The molecule has 0 spiro atoms. The minimum atomic E-state index is -0.177. The summed E-state index contributed by atoms with van der Waals surface area (Å²) in [6.07, 6.45) is 7.88. The van der Waals surface area contributed by atoms with Gasteiger partial charge in [-0.05, 0) is 32.1 Å². The second kappa shape index (κ2) is 13.4. The van der Waals surface area contributed by atoms with E-state index in [1.54, 1.807) is 0 Å². The minimum Gasteiger partial charge on any atom is -0.466 e. The van der Waals surface area contributed by atoms with E-state index in [1.165, 1.54) is 19.3 Å². The van der Waals surface area contributed by atoms with E-state index in [-0.39, 0.29) is 23.8 Å². The molecule has 0 aromatic rings. The average Bonchev–Trinajstić information content (AvgIpc) is 2.46. The van der Waals surface area contributed by atoms with E-state index in [9.17, 15) is 9.59 Å². The van der Waals surface area contributed by atoms with Crippen LogP contribution in [-0.4, -0.2) is 24.5 Å². The van der Waals surface area contributed by atoms with Gasteiger partial charge in [0.15, 0.2) is 0 Å². The van der Waals surface area contributed by atoms with Crippen LogP contribution in [-0.2, 0) is 14.3 Å². The number of amides is 1. The van der Waals surface area contributed by atoms with Crippen LogP contribution in [0.4, 0.5) is 0 Å². The quantitative estimate of drug-likeness (QED) is 0.401. The second-order valence-electron chi connectivity index (χ2n) is 6.95. The molecule has 0 aromatic carbocycles. The number of hydrogen-bond acceptors (Lipinski definition) is 3. The Morgan fingerprint density at radius 1 is 0.957 bits per heavy atom. The molecule has 2 atom stereocenters. The van der Waals surface area contributed by atoms with Crippen molar-refractivity contribution in [3.05, 3.63) is 0 Å². The van der Waals surface area contributed by atoms with E-state index in [4.69, 9.17) is 4.74 Å². The predicted octanol–water partition coefficient (Wildman–Crippen LogP) is 4.47. The molecule has 1 N–H and O–H groups in total. The van der Waals surface area contributed by atoms with Crippen molar-refractivity contribution >= 4 is 11.9 Å². The van der Waals surface area contributed by atoms with Crippen LogP contribution in [0.2, 0.25) is 0 Å². The van der Waals surface area contributed by atoms with Crippen molar-refractivity contribution in [1.29, 1.82) is 0 Å². The normalized spacial score (nSPS) is 13.7. The number of esters is 1. The number of ether oxygens (including phenoxy) is 1. The summed E-state index contributed by atoms with van der Waals surface area (Å²) in [5.74, 6) is 0.251. The Balaban J connectivity index is 4.26. The fourth-order valence-electron chi connectivity index (χ4n) is 2.78. The van der Waals surface area contributed by atoms with Crippen molar-refractivity contribution in [3.8, 4) is 0 Å². The summed E-state index contributed by atoms with van der Waals surface area (Å²) in [6.45, 7) is 10.6. The monoisotopic (exact) mass is 327 g/mol. The largest absolute Gasteiger partial charge is 0.466 e. The molecule has 0 aliphatic rings. The molecule has 136 valence electrons. The highest BCUT2D eigenvalue weighted by Crippen LogP contribution is 2.16. The molecule has 4 nitrogen and oxygen atoms in total. The van der Waals surface area contributed by atoms with Gasteiger partial charge in [0.2, 0.25) is 5.91 Å². The number of unbranched alkanes of at least 4 members (excludes halogenated alkanes) is 4. The molecule has 0 radical (unpaired) electrons. The Hall–Kier alpha value is -1.06. The molecule has 4 heteroatoms. The molecule has 0 saturated carbocycles. The van der Waals surface area contributed by atoms with Crippen molar-refractivity contribution in [2.75, 3.05) is 6.61 Å². The lowest BCUT2D eigenvalue weighted by Crippen LogP contribution is -2.38. The lowest BCUT2D eigenvalue weighted by atomic mass is 9.94. The fourth-order valence-corrected chi connectivity index (χ4v) is 2.78. The molecule has 0 bridgehead atoms. The third-order valence-electron chi connectivity index (χ3n) is 3.96. The Kier molecular flexibility index (Phi) is 12.8. The maximum absolute atomic E-state index is 12.1. The lowest BCUT2D eigenvalue weighted by Gasteiger charge is -2.23. The molecule has 0 rings (SSSR count). The Morgan fingerprint density at radius 3 is 2.17 bits per heavy atom. The van der Waals surface area contributed by atoms with Crippen LogP contribution in [0.1, 0.15) is 86.0 Å². The first-order chi connectivity index (χ1) is 10.9. The zero-order valence-corrected chi connectivity index (χ0v) is 15.8. The SMILES string of the molecule is CCCCCCCC(=O)NC(CC(C)C)CC(C)C(=O)OCC. The zero-order chi connectivity index (χ0) is 17.7. The summed E-state index contributed by atoms with van der Waals surface area (Å²) in [6, 6.07) is 0.0533. The number of carbonyl (C=O) groups is 2. The van der Waals surface area contributed by atoms with Gasteiger partial charge in [-0.1, -0.05) is 53.4 Å². The molecular weight excluding hydrogens is 290 g/mol. The van der Waals surface area contributed by atoms with Gasteiger partial charge in [-0.2, -0.15) is 0 Å². The van der Waals surface area contributed by atoms with E-state index in [0.717, 1.165) is 19.3 Å². The van der Waals surface area contributed by atoms with Crippen molar-refractivity contribution in [3.63, 3.8) is 0 Å². The van der Waals surface area contributed by atoms with Gasteiger partial charge in [-0.25, -0.2) is 0 Å². The van der Waals surface area contributed by atoms with Crippen LogP contribution in [0.15, 0.2) is 0 Å². The lowest BCUT2D eigenvalue weighted by molar-refractivity contribution is -0.148. The van der Waals surface area contributed by atoms with Crippen molar-refractivity contribution in [2.45, 2.75) is 92.0 Å². The van der Waals surface area contributed by atoms with Crippen LogP contribution >= 0.6 is 0 Å². The van der Waals surface area contributed by atoms with Gasteiger partial charge in [0.05, 0.1) is 12.5 Å². The first-order valence-corrected chi connectivity index (χ1v) is 9.36. The summed E-state index contributed by atoms with van der Waals surface area (Å²) in [7, 11) is 0. The molecule has 1 amide bonds. The molecule has 2 unspecified atom stereocenters. The molecule has 0 aliphatic heterocycles. The molecule has 0 aromatic heterocycles. The highest BCUT2D eigenvalue weighted by molar-refractivity contribution is 5.76. The maximum atomic E-state index is 12.1. The van der Waals surface area contributed by atoms with Crippen molar-refractivity contribution in [1.82, 2.24) is 5.32 Å². The minimum absolute atomic E-state index is 0.0533. The average molecular weight is 328 g/mol. The van der Waals surface area contributed by atoms with Gasteiger partial charge in [0, 0.05) is 12.5 Å². The van der Waals surface area contributed by atoms with Crippen LogP contribution in [0.3, 0.4) is 0 Å². The van der Waals surface area contributed by atoms with E-state index in [2.05, 4.69) is 26.1 Å². The van der Waals surface area contributed by atoms with Gasteiger partial charge < -0.3 is 10.1 Å². The molecule has 23 heavy (non-hydrogen) atoms. The number of nitrogens with one attached hydrogen (secondary N) is 1. The standard InChI is InChI=1S/C19H37NO3/c1-6-8-9-10-11-12-18(21)20-17(13-15(3)4)14-16(5)19(22)23-7-2/h15-17H,6-14H2,1-5H3,(H,20,21). The van der Waals surface area contributed by atoms with E-state index < -0.39 is 0 Å². The first kappa shape index (κ1) is 21.9. The van der Waals surface area contributed by atoms with E-state index in [1.807, 2.05) is 13.8 Å². The zero-order valence-electron chi connectivity index (χ0n) is 15.8.